The second-order valence-electron chi connectivity index (χ2n) is 3.95. The van der Waals surface area contributed by atoms with Gasteiger partial charge in [-0.25, -0.2) is 9.97 Å². The van der Waals surface area contributed by atoms with Gasteiger partial charge in [-0.1, -0.05) is 12.5 Å². The molecule has 2 aromatic heterocycles. The van der Waals surface area contributed by atoms with Crippen LogP contribution >= 0.6 is 0 Å². The molecule has 3 nitrogen and oxygen atoms in total. The SMILES string of the molecule is C=CCCCCCc1nc2ncccc2[nH]1. The molecule has 0 saturated heterocycles. The molecule has 3 heteroatoms. The van der Waals surface area contributed by atoms with E-state index in [0.717, 1.165) is 29.8 Å². The molecule has 0 aromatic carbocycles. The van der Waals surface area contributed by atoms with Gasteiger partial charge < -0.3 is 4.98 Å². The minimum atomic E-state index is 0.823. The largest absolute Gasteiger partial charge is 0.341 e. The molecular weight excluding hydrogens is 198 g/mol. The fraction of sp³-hybridized carbons (Fsp3) is 0.385. The van der Waals surface area contributed by atoms with Crippen LogP contribution in [-0.2, 0) is 6.42 Å². The molecular formula is C13H17N3. The summed E-state index contributed by atoms with van der Waals surface area (Å²) in [6.45, 7) is 3.72. The van der Waals surface area contributed by atoms with Crippen LogP contribution in [0.15, 0.2) is 31.0 Å². The van der Waals surface area contributed by atoms with Crippen molar-refractivity contribution in [3.8, 4) is 0 Å². The number of allylic oxidation sites excluding steroid dienone is 1. The Kier molecular flexibility index (Phi) is 3.70. The van der Waals surface area contributed by atoms with Gasteiger partial charge in [0.2, 0.25) is 0 Å². The van der Waals surface area contributed by atoms with Crippen LogP contribution in [-0.4, -0.2) is 15.0 Å². The van der Waals surface area contributed by atoms with Crippen LogP contribution in [0.3, 0.4) is 0 Å². The fourth-order valence-electron chi connectivity index (χ4n) is 1.77. The first-order valence-electron chi connectivity index (χ1n) is 5.80. The molecule has 0 radical (unpaired) electrons. The number of H-pyrrole nitrogens is 1. The molecule has 0 bridgehead atoms. The molecule has 2 heterocycles. The Morgan fingerprint density at radius 3 is 3.06 bits per heavy atom. The van der Waals surface area contributed by atoms with E-state index in [1.807, 2.05) is 18.2 Å². The zero-order chi connectivity index (χ0) is 11.2. The summed E-state index contributed by atoms with van der Waals surface area (Å²) in [5, 5.41) is 0. The van der Waals surface area contributed by atoms with E-state index in [0.29, 0.717) is 0 Å². The van der Waals surface area contributed by atoms with Crippen LogP contribution in [0.4, 0.5) is 0 Å². The Labute approximate surface area is 95.6 Å². The molecule has 2 rings (SSSR count). The number of hydrogen-bond acceptors (Lipinski definition) is 2. The van der Waals surface area contributed by atoms with Gasteiger partial charge in [-0.15, -0.1) is 6.58 Å². The molecule has 0 unspecified atom stereocenters. The molecule has 2 aromatic rings. The Hall–Kier alpha value is -1.64. The summed E-state index contributed by atoms with van der Waals surface area (Å²) in [6.07, 6.45) is 9.50. The number of unbranched alkanes of at least 4 members (excludes halogenated alkanes) is 3. The number of hydrogen-bond donors (Lipinski definition) is 1. The van der Waals surface area contributed by atoms with Gasteiger partial charge >= 0.3 is 0 Å². The Bertz CT molecular complexity index is 426. The van der Waals surface area contributed by atoms with E-state index in [1.54, 1.807) is 6.20 Å². The number of pyridine rings is 1. The summed E-state index contributed by atoms with van der Waals surface area (Å²) in [6, 6.07) is 3.94. The molecule has 84 valence electrons. The van der Waals surface area contributed by atoms with Crippen LogP contribution < -0.4 is 0 Å². The third-order valence-electron chi connectivity index (χ3n) is 2.63. The van der Waals surface area contributed by atoms with Gasteiger partial charge in [0.05, 0.1) is 5.52 Å². The number of aromatic nitrogens is 3. The monoisotopic (exact) mass is 215 g/mol. The van der Waals surface area contributed by atoms with Crippen molar-refractivity contribution in [2.24, 2.45) is 0 Å². The molecule has 0 aliphatic carbocycles. The first-order chi connectivity index (χ1) is 7.90. The molecule has 0 fully saturated rings. The van der Waals surface area contributed by atoms with Gasteiger partial charge in [-0.05, 0) is 31.4 Å². The molecule has 0 aliphatic rings. The maximum Gasteiger partial charge on any atom is 0.177 e. The van der Waals surface area contributed by atoms with E-state index in [1.165, 1.54) is 19.3 Å². The fourth-order valence-corrected chi connectivity index (χ4v) is 1.77. The number of rotatable bonds is 6. The van der Waals surface area contributed by atoms with Crippen LogP contribution in [0.1, 0.15) is 31.5 Å². The number of nitrogens with one attached hydrogen (secondary N) is 1. The Morgan fingerprint density at radius 1 is 1.31 bits per heavy atom. The predicted molar refractivity (Wildman–Crippen MR) is 66.3 cm³/mol. The molecule has 0 atom stereocenters. The third-order valence-corrected chi connectivity index (χ3v) is 2.63. The van der Waals surface area contributed by atoms with Crippen molar-refractivity contribution in [2.75, 3.05) is 0 Å². The van der Waals surface area contributed by atoms with E-state index in [2.05, 4.69) is 21.5 Å². The lowest BCUT2D eigenvalue weighted by molar-refractivity contribution is 0.674. The van der Waals surface area contributed by atoms with Crippen molar-refractivity contribution < 1.29 is 0 Å². The van der Waals surface area contributed by atoms with Crippen molar-refractivity contribution in [3.05, 3.63) is 36.8 Å². The average molecular weight is 215 g/mol. The number of fused-ring (bicyclic) bond motifs is 1. The molecule has 0 aliphatic heterocycles. The maximum atomic E-state index is 4.44. The van der Waals surface area contributed by atoms with Crippen LogP contribution in [0.2, 0.25) is 0 Å². The molecule has 1 N–H and O–H groups in total. The summed E-state index contributed by atoms with van der Waals surface area (Å²) in [5.74, 6) is 1.05. The number of nitrogens with zero attached hydrogens (tertiary/aromatic N) is 2. The minimum absolute atomic E-state index is 0.823. The highest BCUT2D eigenvalue weighted by molar-refractivity contribution is 5.69. The summed E-state index contributed by atoms with van der Waals surface area (Å²) < 4.78 is 0. The lowest BCUT2D eigenvalue weighted by Gasteiger charge is -1.96. The first-order valence-corrected chi connectivity index (χ1v) is 5.80. The van der Waals surface area contributed by atoms with Crippen molar-refractivity contribution in [3.63, 3.8) is 0 Å². The quantitative estimate of drug-likeness (QED) is 0.593. The normalized spacial score (nSPS) is 10.8. The average Bonchev–Trinajstić information content (AvgIpc) is 2.71. The van der Waals surface area contributed by atoms with Gasteiger partial charge in [0, 0.05) is 12.6 Å². The van der Waals surface area contributed by atoms with E-state index < -0.39 is 0 Å². The number of aromatic amines is 1. The van der Waals surface area contributed by atoms with Crippen molar-refractivity contribution in [2.45, 2.75) is 32.1 Å². The van der Waals surface area contributed by atoms with E-state index in [4.69, 9.17) is 0 Å². The standard InChI is InChI=1S/C13H17N3/c1-2-3-4-5-6-9-12-15-11-8-7-10-14-13(11)16-12/h2,7-8,10H,1,3-6,9H2,(H,14,15,16). The zero-order valence-electron chi connectivity index (χ0n) is 9.45. The minimum Gasteiger partial charge on any atom is -0.341 e. The number of imidazole rings is 1. The van der Waals surface area contributed by atoms with Gasteiger partial charge in [-0.2, -0.15) is 0 Å². The molecule has 0 saturated carbocycles. The van der Waals surface area contributed by atoms with Crippen LogP contribution in [0.5, 0.6) is 0 Å². The molecule has 0 amide bonds. The predicted octanol–water partition coefficient (Wildman–Crippen LogP) is 3.25. The van der Waals surface area contributed by atoms with E-state index in [9.17, 15) is 0 Å². The van der Waals surface area contributed by atoms with Gasteiger partial charge in [0.1, 0.15) is 5.82 Å². The molecule has 0 spiro atoms. The summed E-state index contributed by atoms with van der Waals surface area (Å²) >= 11 is 0. The summed E-state index contributed by atoms with van der Waals surface area (Å²) in [5.41, 5.74) is 1.85. The third kappa shape index (κ3) is 2.69. The number of aryl methyl sites for hydroxylation is 1. The van der Waals surface area contributed by atoms with E-state index >= 15 is 0 Å². The zero-order valence-corrected chi connectivity index (χ0v) is 9.45. The van der Waals surface area contributed by atoms with Crippen molar-refractivity contribution in [1.29, 1.82) is 0 Å². The second-order valence-corrected chi connectivity index (χ2v) is 3.95. The van der Waals surface area contributed by atoms with Crippen molar-refractivity contribution in [1.82, 2.24) is 15.0 Å². The smallest absolute Gasteiger partial charge is 0.177 e. The lowest BCUT2D eigenvalue weighted by atomic mass is 10.1. The maximum absolute atomic E-state index is 4.44. The first kappa shape index (κ1) is 10.9. The second kappa shape index (κ2) is 5.45. The lowest BCUT2D eigenvalue weighted by Crippen LogP contribution is -1.88. The Morgan fingerprint density at radius 2 is 2.25 bits per heavy atom. The van der Waals surface area contributed by atoms with Gasteiger partial charge in [0.25, 0.3) is 0 Å². The van der Waals surface area contributed by atoms with Crippen molar-refractivity contribution >= 4 is 11.2 Å². The highest BCUT2D eigenvalue weighted by atomic mass is 15.0. The van der Waals surface area contributed by atoms with Gasteiger partial charge in [0.15, 0.2) is 5.65 Å². The topological polar surface area (TPSA) is 41.6 Å². The van der Waals surface area contributed by atoms with Gasteiger partial charge in [-0.3, -0.25) is 0 Å². The van der Waals surface area contributed by atoms with Crippen LogP contribution in [0, 0.1) is 0 Å². The highest BCUT2D eigenvalue weighted by Crippen LogP contribution is 2.10. The molecule has 16 heavy (non-hydrogen) atoms. The highest BCUT2D eigenvalue weighted by Gasteiger charge is 2.01. The summed E-state index contributed by atoms with van der Waals surface area (Å²) in [7, 11) is 0. The Balaban J connectivity index is 1.87. The summed E-state index contributed by atoms with van der Waals surface area (Å²) in [4.78, 5) is 11.9. The van der Waals surface area contributed by atoms with Crippen LogP contribution in [0.25, 0.3) is 11.2 Å². The van der Waals surface area contributed by atoms with E-state index in [-0.39, 0.29) is 0 Å².